The van der Waals surface area contributed by atoms with Gasteiger partial charge >= 0.3 is 0 Å². The van der Waals surface area contributed by atoms with E-state index in [0.717, 1.165) is 12.8 Å². The Balaban J connectivity index is 2.20. The molecule has 0 aliphatic carbocycles. The summed E-state index contributed by atoms with van der Waals surface area (Å²) < 4.78 is 19.1. The van der Waals surface area contributed by atoms with Gasteiger partial charge in [0.2, 0.25) is 0 Å². The second-order valence-corrected chi connectivity index (χ2v) is 4.49. The van der Waals surface area contributed by atoms with Crippen LogP contribution in [-0.4, -0.2) is 29.7 Å². The standard InChI is InChI=1S/C13H16FN3O3/c14-8-4-3-5-9(11(8)12(15)17-19)16-13(18)10-6-1-2-7-20-10/h3-5,10,19H,1-2,6-7H2,(H2,15,17)(H,16,18). The third-order valence-electron chi connectivity index (χ3n) is 3.11. The Morgan fingerprint density at radius 3 is 2.95 bits per heavy atom. The minimum atomic E-state index is -0.678. The van der Waals surface area contributed by atoms with Crippen LogP contribution in [0.3, 0.4) is 0 Å². The first kappa shape index (κ1) is 14.3. The number of nitrogens with one attached hydrogen (secondary N) is 1. The summed E-state index contributed by atoms with van der Waals surface area (Å²) in [6.07, 6.45) is 1.92. The van der Waals surface area contributed by atoms with E-state index in [1.165, 1.54) is 18.2 Å². The number of hydrogen-bond donors (Lipinski definition) is 3. The average molecular weight is 281 g/mol. The molecule has 0 spiro atoms. The van der Waals surface area contributed by atoms with Gasteiger partial charge in [0.05, 0.1) is 11.3 Å². The lowest BCUT2D eigenvalue weighted by Gasteiger charge is -2.22. The number of anilines is 1. The van der Waals surface area contributed by atoms with Crippen LogP contribution >= 0.6 is 0 Å². The molecule has 0 saturated carbocycles. The molecule has 1 amide bonds. The molecule has 20 heavy (non-hydrogen) atoms. The van der Waals surface area contributed by atoms with E-state index >= 15 is 0 Å². The fourth-order valence-corrected chi connectivity index (χ4v) is 2.10. The van der Waals surface area contributed by atoms with Gasteiger partial charge in [-0.2, -0.15) is 0 Å². The van der Waals surface area contributed by atoms with Crippen molar-refractivity contribution in [3.63, 3.8) is 0 Å². The first-order valence-corrected chi connectivity index (χ1v) is 6.32. The highest BCUT2D eigenvalue weighted by Gasteiger charge is 2.23. The van der Waals surface area contributed by atoms with E-state index < -0.39 is 17.8 Å². The highest BCUT2D eigenvalue weighted by atomic mass is 19.1. The average Bonchev–Trinajstić information content (AvgIpc) is 2.47. The molecule has 108 valence electrons. The summed E-state index contributed by atoms with van der Waals surface area (Å²) in [7, 11) is 0. The van der Waals surface area contributed by atoms with Crippen molar-refractivity contribution in [1.82, 2.24) is 0 Å². The minimum absolute atomic E-state index is 0.140. The molecule has 1 aliphatic rings. The van der Waals surface area contributed by atoms with Crippen LogP contribution in [0.25, 0.3) is 0 Å². The van der Waals surface area contributed by atoms with E-state index in [1.54, 1.807) is 0 Å². The van der Waals surface area contributed by atoms with Gasteiger partial charge < -0.3 is 21.0 Å². The number of ether oxygens (including phenoxy) is 1. The van der Waals surface area contributed by atoms with Gasteiger partial charge in [-0.3, -0.25) is 4.79 Å². The van der Waals surface area contributed by atoms with Crippen molar-refractivity contribution in [2.75, 3.05) is 11.9 Å². The molecule has 6 nitrogen and oxygen atoms in total. The van der Waals surface area contributed by atoms with Gasteiger partial charge in [-0.25, -0.2) is 4.39 Å². The lowest BCUT2D eigenvalue weighted by Crippen LogP contribution is -2.34. The van der Waals surface area contributed by atoms with E-state index in [9.17, 15) is 9.18 Å². The van der Waals surface area contributed by atoms with Crippen molar-refractivity contribution >= 4 is 17.4 Å². The lowest BCUT2D eigenvalue weighted by atomic mass is 10.1. The van der Waals surface area contributed by atoms with Gasteiger partial charge in [-0.15, -0.1) is 0 Å². The van der Waals surface area contributed by atoms with Crippen molar-refractivity contribution < 1.29 is 19.1 Å². The number of amides is 1. The number of nitrogens with two attached hydrogens (primary N) is 1. The maximum Gasteiger partial charge on any atom is 0.253 e. The molecule has 1 atom stereocenters. The fourth-order valence-electron chi connectivity index (χ4n) is 2.10. The van der Waals surface area contributed by atoms with Crippen molar-refractivity contribution in [1.29, 1.82) is 0 Å². The monoisotopic (exact) mass is 281 g/mol. The molecule has 1 aromatic carbocycles. The maximum absolute atomic E-state index is 13.7. The number of carbonyl (C=O) groups is 1. The third-order valence-corrected chi connectivity index (χ3v) is 3.11. The highest BCUT2D eigenvalue weighted by molar-refractivity contribution is 6.06. The van der Waals surface area contributed by atoms with Crippen molar-refractivity contribution in [2.24, 2.45) is 10.9 Å². The largest absolute Gasteiger partial charge is 0.409 e. The maximum atomic E-state index is 13.7. The van der Waals surface area contributed by atoms with E-state index in [1.807, 2.05) is 0 Å². The van der Waals surface area contributed by atoms with Crippen LogP contribution in [0, 0.1) is 5.82 Å². The normalized spacial score (nSPS) is 19.6. The van der Waals surface area contributed by atoms with E-state index in [2.05, 4.69) is 10.5 Å². The first-order chi connectivity index (χ1) is 9.63. The quantitative estimate of drug-likeness (QED) is 0.338. The van der Waals surface area contributed by atoms with Crippen LogP contribution in [0.4, 0.5) is 10.1 Å². The molecule has 1 unspecified atom stereocenters. The molecule has 1 heterocycles. The van der Waals surface area contributed by atoms with Crippen LogP contribution in [0.15, 0.2) is 23.4 Å². The summed E-state index contributed by atoms with van der Waals surface area (Å²) in [5, 5.41) is 14.0. The summed E-state index contributed by atoms with van der Waals surface area (Å²) >= 11 is 0. The molecular weight excluding hydrogens is 265 g/mol. The Bertz CT molecular complexity index is 528. The Morgan fingerprint density at radius 2 is 2.30 bits per heavy atom. The van der Waals surface area contributed by atoms with Crippen molar-refractivity contribution in [3.8, 4) is 0 Å². The van der Waals surface area contributed by atoms with Crippen molar-refractivity contribution in [3.05, 3.63) is 29.6 Å². The molecule has 1 aliphatic heterocycles. The van der Waals surface area contributed by atoms with Crippen LogP contribution in [0.1, 0.15) is 24.8 Å². The zero-order chi connectivity index (χ0) is 14.5. The van der Waals surface area contributed by atoms with Gasteiger partial charge in [0.1, 0.15) is 11.9 Å². The molecular formula is C13H16FN3O3. The Morgan fingerprint density at radius 1 is 1.50 bits per heavy atom. The number of carbonyl (C=O) groups excluding carboxylic acids is 1. The van der Waals surface area contributed by atoms with E-state index in [0.29, 0.717) is 13.0 Å². The Labute approximate surface area is 115 Å². The predicted molar refractivity (Wildman–Crippen MR) is 71.1 cm³/mol. The molecule has 0 aromatic heterocycles. The highest BCUT2D eigenvalue weighted by Crippen LogP contribution is 2.21. The molecule has 7 heteroatoms. The van der Waals surface area contributed by atoms with Gasteiger partial charge in [0, 0.05) is 6.61 Å². The number of nitrogens with zero attached hydrogens (tertiary/aromatic N) is 1. The second-order valence-electron chi connectivity index (χ2n) is 4.49. The summed E-state index contributed by atoms with van der Waals surface area (Å²) in [6.45, 7) is 0.536. The lowest BCUT2D eigenvalue weighted by molar-refractivity contribution is -0.129. The smallest absolute Gasteiger partial charge is 0.253 e. The fraction of sp³-hybridized carbons (Fsp3) is 0.385. The molecule has 0 bridgehead atoms. The predicted octanol–water partition coefficient (Wildman–Crippen LogP) is 1.43. The van der Waals surface area contributed by atoms with Crippen molar-refractivity contribution in [2.45, 2.75) is 25.4 Å². The number of benzene rings is 1. The SMILES string of the molecule is NC(=NO)c1c(F)cccc1NC(=O)C1CCCCO1. The number of rotatable bonds is 3. The molecule has 1 fully saturated rings. The Kier molecular flexibility index (Phi) is 4.52. The summed E-state index contributed by atoms with van der Waals surface area (Å²) in [5.41, 5.74) is 5.44. The number of hydrogen-bond acceptors (Lipinski definition) is 4. The first-order valence-electron chi connectivity index (χ1n) is 6.32. The van der Waals surface area contributed by atoms with E-state index in [-0.39, 0.29) is 17.2 Å². The third kappa shape index (κ3) is 3.05. The van der Waals surface area contributed by atoms with Crippen LogP contribution in [0.2, 0.25) is 0 Å². The van der Waals surface area contributed by atoms with E-state index in [4.69, 9.17) is 15.7 Å². The zero-order valence-corrected chi connectivity index (χ0v) is 10.8. The zero-order valence-electron chi connectivity index (χ0n) is 10.8. The number of oxime groups is 1. The molecule has 1 saturated heterocycles. The molecule has 2 rings (SSSR count). The minimum Gasteiger partial charge on any atom is -0.409 e. The van der Waals surface area contributed by atoms with Gasteiger partial charge in [0.25, 0.3) is 5.91 Å². The van der Waals surface area contributed by atoms with Gasteiger partial charge in [-0.05, 0) is 31.4 Å². The second kappa shape index (κ2) is 6.33. The van der Waals surface area contributed by atoms with Gasteiger partial charge in [-0.1, -0.05) is 11.2 Å². The summed E-state index contributed by atoms with van der Waals surface area (Å²) in [5.74, 6) is -1.44. The summed E-state index contributed by atoms with van der Waals surface area (Å²) in [4.78, 5) is 12.0. The van der Waals surface area contributed by atoms with Crippen LogP contribution < -0.4 is 11.1 Å². The topological polar surface area (TPSA) is 96.9 Å². The molecule has 0 radical (unpaired) electrons. The van der Waals surface area contributed by atoms with Crippen LogP contribution in [0.5, 0.6) is 0 Å². The number of amidine groups is 1. The molecule has 4 N–H and O–H groups in total. The van der Waals surface area contributed by atoms with Gasteiger partial charge in [0.15, 0.2) is 5.84 Å². The number of halogens is 1. The van der Waals surface area contributed by atoms with Crippen LogP contribution in [-0.2, 0) is 9.53 Å². The molecule has 1 aromatic rings. The Hall–Kier alpha value is -2.15. The summed E-state index contributed by atoms with van der Waals surface area (Å²) in [6, 6.07) is 4.08.